The first-order valence-corrected chi connectivity index (χ1v) is 9.11. The van der Waals surface area contributed by atoms with Crippen molar-refractivity contribution in [2.75, 3.05) is 13.2 Å². The van der Waals surface area contributed by atoms with E-state index in [0.717, 1.165) is 5.56 Å². The van der Waals surface area contributed by atoms with Crippen molar-refractivity contribution in [2.24, 2.45) is 0 Å². The summed E-state index contributed by atoms with van der Waals surface area (Å²) in [6, 6.07) is 19.3. The first-order valence-electron chi connectivity index (χ1n) is 9.11. The van der Waals surface area contributed by atoms with Crippen LogP contribution in [0, 0.1) is 5.82 Å². The molecular weight excluding hydrogens is 373 g/mol. The smallest absolute Gasteiger partial charge is 0.231 e. The first kappa shape index (κ1) is 18.5. The van der Waals surface area contributed by atoms with Gasteiger partial charge in [0.2, 0.25) is 11.8 Å². The molecule has 0 saturated carbocycles. The van der Waals surface area contributed by atoms with Gasteiger partial charge < -0.3 is 10.1 Å². The molecule has 0 aliphatic heterocycles. The molecule has 4 rings (SSSR count). The highest BCUT2D eigenvalue weighted by Crippen LogP contribution is 2.18. The summed E-state index contributed by atoms with van der Waals surface area (Å²) < 4.78 is 20.8. The monoisotopic (exact) mass is 391 g/mol. The number of fused-ring (bicyclic) bond motifs is 1. The molecule has 0 saturated heterocycles. The number of halogens is 1. The number of nitrogens with zero attached hydrogens (tertiary/aromatic N) is 4. The van der Waals surface area contributed by atoms with E-state index in [4.69, 9.17) is 4.74 Å². The van der Waals surface area contributed by atoms with E-state index in [1.807, 2.05) is 30.3 Å². The summed E-state index contributed by atoms with van der Waals surface area (Å²) in [5, 5.41) is 15.4. The number of amides is 1. The van der Waals surface area contributed by atoms with Crippen molar-refractivity contribution < 1.29 is 13.9 Å². The predicted octanol–water partition coefficient (Wildman–Crippen LogP) is 2.67. The van der Waals surface area contributed by atoms with Crippen LogP contribution in [-0.4, -0.2) is 38.9 Å². The van der Waals surface area contributed by atoms with Gasteiger partial charge in [-0.05, 0) is 17.7 Å². The lowest BCUT2D eigenvalue weighted by molar-refractivity contribution is -0.120. The summed E-state index contributed by atoms with van der Waals surface area (Å²) in [4.78, 5) is 11.9. The molecule has 7 nitrogen and oxygen atoms in total. The van der Waals surface area contributed by atoms with Gasteiger partial charge >= 0.3 is 0 Å². The fourth-order valence-electron chi connectivity index (χ4n) is 2.84. The van der Waals surface area contributed by atoms with Crippen LogP contribution < -0.4 is 10.1 Å². The lowest BCUT2D eigenvalue weighted by Crippen LogP contribution is -2.29. The van der Waals surface area contributed by atoms with E-state index in [1.54, 1.807) is 34.8 Å². The lowest BCUT2D eigenvalue weighted by atomic mass is 10.1. The molecule has 2 aromatic carbocycles. The summed E-state index contributed by atoms with van der Waals surface area (Å²) in [5.74, 6) is 0.342. The third-order valence-electron chi connectivity index (χ3n) is 4.25. The van der Waals surface area contributed by atoms with Crippen molar-refractivity contribution in [1.82, 2.24) is 25.1 Å². The van der Waals surface area contributed by atoms with Crippen LogP contribution in [0.3, 0.4) is 0 Å². The molecule has 2 aromatic heterocycles. The molecule has 2 heterocycles. The fraction of sp³-hybridized carbons (Fsp3) is 0.143. The largest absolute Gasteiger partial charge is 0.475 e. The predicted molar refractivity (Wildman–Crippen MR) is 105 cm³/mol. The van der Waals surface area contributed by atoms with Gasteiger partial charge in [-0.25, -0.2) is 4.39 Å². The van der Waals surface area contributed by atoms with Gasteiger partial charge in [0.15, 0.2) is 11.5 Å². The number of aromatic nitrogens is 4. The maximum absolute atomic E-state index is 13.6. The number of hydrogen-bond acceptors (Lipinski definition) is 5. The molecule has 0 bridgehead atoms. The minimum absolute atomic E-state index is 0.0158. The Hall–Kier alpha value is -3.81. The molecule has 0 aliphatic carbocycles. The van der Waals surface area contributed by atoms with Crippen molar-refractivity contribution in [1.29, 1.82) is 0 Å². The lowest BCUT2D eigenvalue weighted by Gasteiger charge is -2.08. The van der Waals surface area contributed by atoms with Crippen molar-refractivity contribution in [3.8, 4) is 17.3 Å². The molecule has 4 aromatic rings. The van der Waals surface area contributed by atoms with Gasteiger partial charge in [-0.2, -0.15) is 4.52 Å². The molecule has 8 heteroatoms. The molecule has 1 N–H and O–H groups in total. The zero-order valence-electron chi connectivity index (χ0n) is 15.5. The van der Waals surface area contributed by atoms with Crippen LogP contribution in [0.4, 0.5) is 4.39 Å². The number of carbonyl (C=O) groups is 1. The third kappa shape index (κ3) is 4.37. The highest BCUT2D eigenvalue weighted by molar-refractivity contribution is 5.78. The Morgan fingerprint density at radius 2 is 1.79 bits per heavy atom. The zero-order valence-corrected chi connectivity index (χ0v) is 15.5. The summed E-state index contributed by atoms with van der Waals surface area (Å²) >= 11 is 0. The maximum atomic E-state index is 13.6. The Labute approximate surface area is 166 Å². The quantitative estimate of drug-likeness (QED) is 0.490. The van der Waals surface area contributed by atoms with Crippen LogP contribution in [0.15, 0.2) is 66.7 Å². The second-order valence-electron chi connectivity index (χ2n) is 6.30. The van der Waals surface area contributed by atoms with E-state index in [-0.39, 0.29) is 31.3 Å². The van der Waals surface area contributed by atoms with Crippen LogP contribution in [0.5, 0.6) is 5.88 Å². The molecular formula is C21H18FN5O2. The van der Waals surface area contributed by atoms with Gasteiger partial charge in [0, 0.05) is 11.6 Å². The van der Waals surface area contributed by atoms with Crippen molar-refractivity contribution >= 4 is 11.6 Å². The third-order valence-corrected chi connectivity index (χ3v) is 4.25. The van der Waals surface area contributed by atoms with E-state index in [2.05, 4.69) is 20.6 Å². The van der Waals surface area contributed by atoms with Crippen LogP contribution in [0.25, 0.3) is 17.0 Å². The minimum Gasteiger partial charge on any atom is -0.475 e. The zero-order chi connectivity index (χ0) is 20.1. The molecule has 0 spiro atoms. The van der Waals surface area contributed by atoms with Crippen molar-refractivity contribution in [3.05, 3.63) is 78.1 Å². The molecule has 29 heavy (non-hydrogen) atoms. The normalized spacial score (nSPS) is 10.8. The fourth-order valence-corrected chi connectivity index (χ4v) is 2.84. The Morgan fingerprint density at radius 3 is 2.62 bits per heavy atom. The Bertz CT molecular complexity index is 1130. The number of carbonyl (C=O) groups excluding carboxylic acids is 1. The number of hydrogen-bond donors (Lipinski definition) is 1. The van der Waals surface area contributed by atoms with E-state index in [9.17, 15) is 9.18 Å². The summed E-state index contributed by atoms with van der Waals surface area (Å²) in [7, 11) is 0. The topological polar surface area (TPSA) is 81.4 Å². The standard InChI is InChI=1S/C21H18FN5O2/c22-17-9-5-4-8-16(17)14-19(28)23-12-13-29-20-11-10-18-24-25-21(27(18)26-20)15-6-2-1-3-7-15/h1-11H,12-14H2,(H,23,28). The molecule has 0 unspecified atom stereocenters. The van der Waals surface area contributed by atoms with Crippen LogP contribution in [0.2, 0.25) is 0 Å². The maximum Gasteiger partial charge on any atom is 0.231 e. The van der Waals surface area contributed by atoms with Crippen LogP contribution in [0.1, 0.15) is 5.56 Å². The van der Waals surface area contributed by atoms with Crippen LogP contribution >= 0.6 is 0 Å². The number of benzene rings is 2. The number of ether oxygens (including phenoxy) is 1. The molecule has 0 aliphatic rings. The number of nitrogens with one attached hydrogen (secondary N) is 1. The minimum atomic E-state index is -0.389. The van der Waals surface area contributed by atoms with E-state index >= 15 is 0 Å². The average Bonchev–Trinajstić information content (AvgIpc) is 3.17. The number of rotatable bonds is 7. The Kier molecular flexibility index (Phi) is 5.42. The van der Waals surface area contributed by atoms with Crippen molar-refractivity contribution in [2.45, 2.75) is 6.42 Å². The van der Waals surface area contributed by atoms with Crippen molar-refractivity contribution in [3.63, 3.8) is 0 Å². The second-order valence-corrected chi connectivity index (χ2v) is 6.30. The Morgan fingerprint density at radius 1 is 1.00 bits per heavy atom. The van der Waals surface area contributed by atoms with Gasteiger partial charge in [-0.3, -0.25) is 4.79 Å². The summed E-state index contributed by atoms with van der Waals surface area (Å²) in [5.41, 5.74) is 1.86. The first-order chi connectivity index (χ1) is 14.2. The molecule has 1 amide bonds. The summed E-state index contributed by atoms with van der Waals surface area (Å²) in [6.07, 6.45) is -0.0158. The van der Waals surface area contributed by atoms with Gasteiger partial charge in [-0.15, -0.1) is 15.3 Å². The molecule has 0 radical (unpaired) electrons. The molecule has 146 valence electrons. The molecule has 0 atom stereocenters. The average molecular weight is 391 g/mol. The highest BCUT2D eigenvalue weighted by Gasteiger charge is 2.10. The van der Waals surface area contributed by atoms with Gasteiger partial charge in [-0.1, -0.05) is 48.5 Å². The van der Waals surface area contributed by atoms with E-state index < -0.39 is 0 Å². The highest BCUT2D eigenvalue weighted by atomic mass is 19.1. The van der Waals surface area contributed by atoms with Gasteiger partial charge in [0.05, 0.1) is 13.0 Å². The van der Waals surface area contributed by atoms with E-state index in [1.165, 1.54) is 6.07 Å². The van der Waals surface area contributed by atoms with Crippen LogP contribution in [-0.2, 0) is 11.2 Å². The van der Waals surface area contributed by atoms with E-state index in [0.29, 0.717) is 22.9 Å². The Balaban J connectivity index is 1.34. The SMILES string of the molecule is O=C(Cc1ccccc1F)NCCOc1ccc2nnc(-c3ccccc3)n2n1. The van der Waals surface area contributed by atoms with Gasteiger partial charge in [0.1, 0.15) is 12.4 Å². The van der Waals surface area contributed by atoms with Gasteiger partial charge in [0.25, 0.3) is 0 Å². The summed E-state index contributed by atoms with van der Waals surface area (Å²) in [6.45, 7) is 0.505. The molecule has 0 fully saturated rings. The second kappa shape index (κ2) is 8.47.